The molecule has 12 aromatic rings. The second kappa shape index (κ2) is 12.4. The molecular formula is C53H32N4. The van der Waals surface area contributed by atoms with Crippen LogP contribution in [0.25, 0.3) is 116 Å². The van der Waals surface area contributed by atoms with Gasteiger partial charge in [0.15, 0.2) is 17.5 Å². The molecule has 10 aromatic carbocycles. The topological polar surface area (TPSA) is 43.6 Å². The molecule has 0 radical (unpaired) electrons. The first-order valence-corrected chi connectivity index (χ1v) is 19.4. The molecular weight excluding hydrogens is 693 g/mol. The third-order valence-electron chi connectivity index (χ3n) is 11.6. The average molecular weight is 725 g/mol. The van der Waals surface area contributed by atoms with Gasteiger partial charge in [-0.05, 0) is 79.2 Å². The van der Waals surface area contributed by atoms with Crippen LogP contribution in [0.5, 0.6) is 0 Å². The Balaban J connectivity index is 1.17. The minimum atomic E-state index is 0.646. The van der Waals surface area contributed by atoms with Gasteiger partial charge in [-0.15, -0.1) is 0 Å². The molecule has 2 aromatic heterocycles. The minimum absolute atomic E-state index is 0.646. The molecule has 0 saturated carbocycles. The van der Waals surface area contributed by atoms with Crippen molar-refractivity contribution in [3.05, 3.63) is 194 Å². The van der Waals surface area contributed by atoms with Crippen LogP contribution in [0.1, 0.15) is 0 Å². The Morgan fingerprint density at radius 3 is 1.53 bits per heavy atom. The SMILES string of the molecule is c1ccc(-c2nc(-c3ccccc3)nc(-c3ccc(-c4cccc5cc6c7ccccc7c7cccc8c7c6c(c45)n8-c4ccccc4)c4ccccc34)n2)cc1. The van der Waals surface area contributed by atoms with E-state index in [2.05, 4.69) is 162 Å². The van der Waals surface area contributed by atoms with Crippen LogP contribution in [0.15, 0.2) is 194 Å². The number of para-hydroxylation sites is 1. The van der Waals surface area contributed by atoms with Crippen molar-refractivity contribution in [2.24, 2.45) is 0 Å². The molecule has 12 rings (SSSR count). The highest BCUT2D eigenvalue weighted by Gasteiger charge is 2.24. The lowest BCUT2D eigenvalue weighted by Crippen LogP contribution is -2.00. The normalized spacial score (nSPS) is 11.9. The first-order valence-electron chi connectivity index (χ1n) is 19.4. The van der Waals surface area contributed by atoms with Crippen molar-refractivity contribution in [3.63, 3.8) is 0 Å². The predicted molar refractivity (Wildman–Crippen MR) is 237 cm³/mol. The average Bonchev–Trinajstić information content (AvgIpc) is 3.64. The summed E-state index contributed by atoms with van der Waals surface area (Å²) in [4.78, 5) is 15.2. The van der Waals surface area contributed by atoms with Gasteiger partial charge in [0.1, 0.15) is 0 Å². The van der Waals surface area contributed by atoms with Gasteiger partial charge in [-0.2, -0.15) is 0 Å². The molecule has 0 aliphatic heterocycles. The van der Waals surface area contributed by atoms with Gasteiger partial charge in [-0.25, -0.2) is 15.0 Å². The maximum atomic E-state index is 5.13. The van der Waals surface area contributed by atoms with Crippen LogP contribution in [0, 0.1) is 0 Å². The lowest BCUT2D eigenvalue weighted by atomic mass is 9.88. The molecule has 0 fully saturated rings. The zero-order valence-corrected chi connectivity index (χ0v) is 30.8. The van der Waals surface area contributed by atoms with Gasteiger partial charge in [-0.1, -0.05) is 164 Å². The van der Waals surface area contributed by atoms with E-state index in [9.17, 15) is 0 Å². The lowest BCUT2D eigenvalue weighted by molar-refractivity contribution is 1.08. The number of hydrogen-bond acceptors (Lipinski definition) is 3. The summed E-state index contributed by atoms with van der Waals surface area (Å²) in [5.74, 6) is 1.94. The predicted octanol–water partition coefficient (Wildman–Crippen LogP) is 13.7. The molecule has 0 aliphatic rings. The van der Waals surface area contributed by atoms with Crippen LogP contribution in [0.3, 0.4) is 0 Å². The van der Waals surface area contributed by atoms with Crippen molar-refractivity contribution < 1.29 is 0 Å². The second-order valence-corrected chi connectivity index (χ2v) is 14.7. The Hall–Kier alpha value is -7.69. The maximum Gasteiger partial charge on any atom is 0.164 e. The number of rotatable bonds is 5. The largest absolute Gasteiger partial charge is 0.309 e. The number of hydrogen-bond donors (Lipinski definition) is 0. The molecule has 4 nitrogen and oxygen atoms in total. The molecule has 264 valence electrons. The van der Waals surface area contributed by atoms with E-state index in [1.165, 1.54) is 59.7 Å². The standard InChI is InChI=1S/C53H32N4/c1-4-16-33(17-5-1)51-54-52(34-18-6-2-7-19-34)56-53(55-51)44-31-30-41(37-23-10-12-25-39(37)44)42-27-14-20-35-32-45-40-26-13-11-24-38(40)43-28-15-29-46-48(43)49(45)50(47(35)42)57(46)36-21-8-3-9-22-36/h1-32H. The Morgan fingerprint density at radius 1 is 0.316 bits per heavy atom. The Kier molecular flexibility index (Phi) is 6.89. The number of nitrogens with zero attached hydrogens (tertiary/aromatic N) is 4. The highest BCUT2D eigenvalue weighted by atomic mass is 15.0. The third kappa shape index (κ3) is 4.77. The van der Waals surface area contributed by atoms with E-state index in [1.807, 2.05) is 36.4 Å². The fraction of sp³-hybridized carbons (Fsp3) is 0. The summed E-state index contributed by atoms with van der Waals surface area (Å²) in [7, 11) is 0. The second-order valence-electron chi connectivity index (χ2n) is 14.7. The molecule has 0 N–H and O–H groups in total. The highest BCUT2D eigenvalue weighted by molar-refractivity contribution is 6.39. The summed E-state index contributed by atoms with van der Waals surface area (Å²) < 4.78 is 2.49. The number of aromatic nitrogens is 4. The van der Waals surface area contributed by atoms with Gasteiger partial charge < -0.3 is 4.57 Å². The van der Waals surface area contributed by atoms with E-state index >= 15 is 0 Å². The smallest absolute Gasteiger partial charge is 0.164 e. The van der Waals surface area contributed by atoms with Crippen LogP contribution in [-0.4, -0.2) is 19.5 Å². The molecule has 2 heterocycles. The first-order chi connectivity index (χ1) is 28.3. The molecule has 0 bridgehead atoms. The van der Waals surface area contributed by atoms with Crippen LogP contribution in [0.2, 0.25) is 0 Å². The number of fused-ring (bicyclic) bond motifs is 6. The fourth-order valence-corrected chi connectivity index (χ4v) is 9.14. The summed E-state index contributed by atoms with van der Waals surface area (Å²) >= 11 is 0. The Labute approximate surface area is 328 Å². The molecule has 0 saturated heterocycles. The minimum Gasteiger partial charge on any atom is -0.309 e. The molecule has 4 heteroatoms. The van der Waals surface area contributed by atoms with E-state index in [4.69, 9.17) is 15.0 Å². The quantitative estimate of drug-likeness (QED) is 0.131. The van der Waals surface area contributed by atoms with Crippen molar-refractivity contribution in [2.75, 3.05) is 0 Å². The molecule has 0 spiro atoms. The summed E-state index contributed by atoms with van der Waals surface area (Å²) in [5, 5.41) is 12.4. The van der Waals surface area contributed by atoms with E-state index in [0.717, 1.165) is 38.7 Å². The highest BCUT2D eigenvalue weighted by Crippen LogP contribution is 2.49. The summed E-state index contributed by atoms with van der Waals surface area (Å²) in [6.45, 7) is 0. The van der Waals surface area contributed by atoms with Gasteiger partial charge in [0.2, 0.25) is 0 Å². The van der Waals surface area contributed by atoms with Crippen LogP contribution >= 0.6 is 0 Å². The van der Waals surface area contributed by atoms with Crippen molar-refractivity contribution in [1.29, 1.82) is 0 Å². The fourth-order valence-electron chi connectivity index (χ4n) is 9.14. The van der Waals surface area contributed by atoms with Gasteiger partial charge in [0.25, 0.3) is 0 Å². The van der Waals surface area contributed by atoms with Gasteiger partial charge in [-0.3, -0.25) is 0 Å². The summed E-state index contributed by atoms with van der Waals surface area (Å²) in [6.07, 6.45) is 0. The molecule has 0 aliphatic carbocycles. The third-order valence-corrected chi connectivity index (χ3v) is 11.6. The van der Waals surface area contributed by atoms with Crippen molar-refractivity contribution in [1.82, 2.24) is 19.5 Å². The molecule has 0 amide bonds. The zero-order chi connectivity index (χ0) is 37.5. The van der Waals surface area contributed by atoms with Gasteiger partial charge in [0.05, 0.1) is 11.0 Å². The van der Waals surface area contributed by atoms with Crippen molar-refractivity contribution in [3.8, 4) is 51.0 Å². The van der Waals surface area contributed by atoms with E-state index < -0.39 is 0 Å². The molecule has 0 atom stereocenters. The van der Waals surface area contributed by atoms with Gasteiger partial charge in [0, 0.05) is 38.5 Å². The Bertz CT molecular complexity index is 3440. The molecule has 57 heavy (non-hydrogen) atoms. The van der Waals surface area contributed by atoms with E-state index in [-0.39, 0.29) is 0 Å². The first kappa shape index (κ1) is 31.6. The van der Waals surface area contributed by atoms with Crippen molar-refractivity contribution >= 4 is 64.9 Å². The zero-order valence-electron chi connectivity index (χ0n) is 30.8. The molecule has 0 unspecified atom stereocenters. The van der Waals surface area contributed by atoms with Crippen molar-refractivity contribution in [2.45, 2.75) is 0 Å². The number of benzene rings is 10. The van der Waals surface area contributed by atoms with Gasteiger partial charge >= 0.3 is 0 Å². The van der Waals surface area contributed by atoms with E-state index in [1.54, 1.807) is 0 Å². The summed E-state index contributed by atoms with van der Waals surface area (Å²) in [5.41, 5.74) is 8.81. The van der Waals surface area contributed by atoms with Crippen LogP contribution < -0.4 is 0 Å². The summed E-state index contributed by atoms with van der Waals surface area (Å²) in [6, 6.07) is 69.1. The Morgan fingerprint density at radius 2 is 0.842 bits per heavy atom. The van der Waals surface area contributed by atoms with Crippen LogP contribution in [-0.2, 0) is 0 Å². The monoisotopic (exact) mass is 724 g/mol. The lowest BCUT2D eigenvalue weighted by Gasteiger charge is -2.17. The van der Waals surface area contributed by atoms with E-state index in [0.29, 0.717) is 17.5 Å². The van der Waals surface area contributed by atoms with Crippen LogP contribution in [0.4, 0.5) is 0 Å². The maximum absolute atomic E-state index is 5.13.